The van der Waals surface area contributed by atoms with E-state index in [9.17, 15) is 0 Å². The molecule has 17 heavy (non-hydrogen) atoms. The molecule has 1 aromatic carbocycles. The number of nitrogens with one attached hydrogen (secondary N) is 2. The Morgan fingerprint density at radius 3 is 2.59 bits per heavy atom. The summed E-state index contributed by atoms with van der Waals surface area (Å²) >= 11 is 3.57. The molecule has 0 aliphatic heterocycles. The van der Waals surface area contributed by atoms with E-state index in [1.165, 1.54) is 5.56 Å². The summed E-state index contributed by atoms with van der Waals surface area (Å²) in [5.74, 6) is 0. The van der Waals surface area contributed by atoms with Crippen molar-refractivity contribution in [1.82, 2.24) is 10.2 Å². The lowest BCUT2D eigenvalue weighted by Gasteiger charge is -2.17. The van der Waals surface area contributed by atoms with Crippen molar-refractivity contribution in [1.29, 1.82) is 0 Å². The van der Waals surface area contributed by atoms with Gasteiger partial charge in [-0.05, 0) is 32.4 Å². The van der Waals surface area contributed by atoms with E-state index in [-0.39, 0.29) is 6.04 Å². The third-order valence-corrected chi connectivity index (χ3v) is 3.58. The molecule has 2 rings (SSSR count). The van der Waals surface area contributed by atoms with Crippen molar-refractivity contribution in [3.8, 4) is 0 Å². The molecule has 0 aliphatic carbocycles. The number of anilines is 1. The van der Waals surface area contributed by atoms with Crippen LogP contribution in [0.25, 0.3) is 0 Å². The highest BCUT2D eigenvalue weighted by Gasteiger charge is 2.12. The Labute approximate surface area is 110 Å². The second-order valence-corrected chi connectivity index (χ2v) is 5.05. The van der Waals surface area contributed by atoms with Crippen molar-refractivity contribution in [3.05, 3.63) is 45.7 Å². The van der Waals surface area contributed by atoms with Crippen LogP contribution < -0.4 is 5.32 Å². The third-order valence-electron chi connectivity index (χ3n) is 2.86. The number of hydrogen-bond donors (Lipinski definition) is 2. The first-order chi connectivity index (χ1) is 8.09. The fourth-order valence-corrected chi connectivity index (χ4v) is 2.51. The highest BCUT2D eigenvalue weighted by atomic mass is 79.9. The van der Waals surface area contributed by atoms with Crippen molar-refractivity contribution in [2.24, 2.45) is 0 Å². The molecule has 0 bridgehead atoms. The number of aromatic amines is 1. The van der Waals surface area contributed by atoms with E-state index in [1.807, 2.05) is 26.0 Å². The molecule has 90 valence electrons. The second kappa shape index (κ2) is 4.92. The van der Waals surface area contributed by atoms with Gasteiger partial charge in [-0.3, -0.25) is 5.10 Å². The number of halogens is 1. The molecule has 3 nitrogen and oxygen atoms in total. The predicted molar refractivity (Wildman–Crippen MR) is 74.2 cm³/mol. The third kappa shape index (κ3) is 2.52. The van der Waals surface area contributed by atoms with E-state index in [2.05, 4.69) is 50.5 Å². The lowest BCUT2D eigenvalue weighted by atomic mass is 10.1. The number of hydrogen-bond acceptors (Lipinski definition) is 2. The summed E-state index contributed by atoms with van der Waals surface area (Å²) in [7, 11) is 0. The maximum atomic E-state index is 4.19. The summed E-state index contributed by atoms with van der Waals surface area (Å²) in [5, 5.41) is 10.7. The van der Waals surface area contributed by atoms with Crippen LogP contribution in [0, 0.1) is 13.8 Å². The number of benzene rings is 1. The van der Waals surface area contributed by atoms with Gasteiger partial charge in [-0.15, -0.1) is 0 Å². The molecule has 1 unspecified atom stereocenters. The average Bonchev–Trinajstić information content (AvgIpc) is 2.61. The molecule has 0 fully saturated rings. The number of rotatable bonds is 3. The van der Waals surface area contributed by atoms with E-state index in [0.29, 0.717) is 0 Å². The Kier molecular flexibility index (Phi) is 3.52. The van der Waals surface area contributed by atoms with Crippen LogP contribution in [0.1, 0.15) is 29.9 Å². The van der Waals surface area contributed by atoms with E-state index < -0.39 is 0 Å². The SMILES string of the molecule is Cc1n[nH]c(C)c1NC(C)c1ccccc1Br. The monoisotopic (exact) mass is 293 g/mol. The van der Waals surface area contributed by atoms with Gasteiger partial charge in [0.05, 0.1) is 17.1 Å². The lowest BCUT2D eigenvalue weighted by molar-refractivity contribution is 0.875. The molecule has 0 saturated heterocycles. The van der Waals surface area contributed by atoms with Crippen LogP contribution in [-0.2, 0) is 0 Å². The van der Waals surface area contributed by atoms with Crippen LogP contribution in [-0.4, -0.2) is 10.2 Å². The van der Waals surface area contributed by atoms with Gasteiger partial charge in [-0.25, -0.2) is 0 Å². The Morgan fingerprint density at radius 1 is 1.29 bits per heavy atom. The summed E-state index contributed by atoms with van der Waals surface area (Å²) in [6.45, 7) is 6.17. The molecule has 2 N–H and O–H groups in total. The van der Waals surface area contributed by atoms with E-state index in [0.717, 1.165) is 21.5 Å². The number of aromatic nitrogens is 2. The van der Waals surface area contributed by atoms with Gasteiger partial charge in [-0.2, -0.15) is 5.10 Å². The Balaban J connectivity index is 2.23. The van der Waals surface area contributed by atoms with Crippen molar-refractivity contribution >= 4 is 21.6 Å². The quantitative estimate of drug-likeness (QED) is 0.899. The van der Waals surface area contributed by atoms with Crippen molar-refractivity contribution < 1.29 is 0 Å². The maximum absolute atomic E-state index is 4.19. The van der Waals surface area contributed by atoms with Crippen molar-refractivity contribution in [2.75, 3.05) is 5.32 Å². The van der Waals surface area contributed by atoms with Crippen molar-refractivity contribution in [3.63, 3.8) is 0 Å². The maximum Gasteiger partial charge on any atom is 0.0825 e. The highest BCUT2D eigenvalue weighted by Crippen LogP contribution is 2.27. The van der Waals surface area contributed by atoms with E-state index in [4.69, 9.17) is 0 Å². The highest BCUT2D eigenvalue weighted by molar-refractivity contribution is 9.10. The van der Waals surface area contributed by atoms with Crippen LogP contribution in [0.3, 0.4) is 0 Å². The van der Waals surface area contributed by atoms with Gasteiger partial charge in [-0.1, -0.05) is 34.1 Å². The Morgan fingerprint density at radius 2 is 2.00 bits per heavy atom. The minimum Gasteiger partial charge on any atom is -0.376 e. The molecule has 0 amide bonds. The molecular weight excluding hydrogens is 278 g/mol. The predicted octanol–water partition coefficient (Wildman–Crippen LogP) is 3.96. The van der Waals surface area contributed by atoms with Crippen LogP contribution in [0.4, 0.5) is 5.69 Å². The first-order valence-electron chi connectivity index (χ1n) is 5.62. The lowest BCUT2D eigenvalue weighted by Crippen LogP contribution is -2.08. The van der Waals surface area contributed by atoms with Gasteiger partial charge < -0.3 is 5.32 Å². The molecule has 2 aromatic rings. The van der Waals surface area contributed by atoms with Gasteiger partial charge in [0.2, 0.25) is 0 Å². The summed E-state index contributed by atoms with van der Waals surface area (Å²) in [5.41, 5.74) is 4.41. The summed E-state index contributed by atoms with van der Waals surface area (Å²) in [6, 6.07) is 8.48. The first kappa shape index (κ1) is 12.2. The molecule has 0 spiro atoms. The molecule has 0 radical (unpaired) electrons. The summed E-state index contributed by atoms with van der Waals surface area (Å²) in [4.78, 5) is 0. The second-order valence-electron chi connectivity index (χ2n) is 4.20. The molecule has 0 aliphatic rings. The largest absolute Gasteiger partial charge is 0.376 e. The zero-order chi connectivity index (χ0) is 12.4. The first-order valence-corrected chi connectivity index (χ1v) is 6.41. The summed E-state index contributed by atoms with van der Waals surface area (Å²) < 4.78 is 1.12. The normalized spacial score (nSPS) is 12.5. The standard InChI is InChI=1S/C13H16BrN3/c1-8(11-6-4-5-7-12(11)14)15-13-9(2)16-17-10(13)3/h4-8,15H,1-3H3,(H,16,17). The van der Waals surface area contributed by atoms with Gasteiger partial charge in [0.1, 0.15) is 0 Å². The fourth-order valence-electron chi connectivity index (χ4n) is 1.88. The van der Waals surface area contributed by atoms with Crippen LogP contribution in [0.5, 0.6) is 0 Å². The molecule has 1 heterocycles. The molecule has 1 atom stereocenters. The minimum atomic E-state index is 0.237. The fraction of sp³-hybridized carbons (Fsp3) is 0.308. The van der Waals surface area contributed by atoms with Gasteiger partial charge in [0.25, 0.3) is 0 Å². The number of nitrogens with zero attached hydrogens (tertiary/aromatic N) is 1. The van der Waals surface area contributed by atoms with Gasteiger partial charge in [0.15, 0.2) is 0 Å². The molecule has 1 aromatic heterocycles. The topological polar surface area (TPSA) is 40.7 Å². The van der Waals surface area contributed by atoms with E-state index in [1.54, 1.807) is 0 Å². The molecule has 0 saturated carbocycles. The molecular formula is C13H16BrN3. The number of H-pyrrole nitrogens is 1. The average molecular weight is 294 g/mol. The zero-order valence-electron chi connectivity index (χ0n) is 10.2. The number of aryl methyl sites for hydroxylation is 2. The van der Waals surface area contributed by atoms with Gasteiger partial charge in [0, 0.05) is 10.5 Å². The minimum absolute atomic E-state index is 0.237. The van der Waals surface area contributed by atoms with Crippen LogP contribution >= 0.6 is 15.9 Å². The van der Waals surface area contributed by atoms with Gasteiger partial charge >= 0.3 is 0 Å². The Hall–Kier alpha value is -1.29. The zero-order valence-corrected chi connectivity index (χ0v) is 11.8. The molecule has 4 heteroatoms. The summed E-state index contributed by atoms with van der Waals surface area (Å²) in [6.07, 6.45) is 0. The smallest absolute Gasteiger partial charge is 0.0825 e. The van der Waals surface area contributed by atoms with Crippen molar-refractivity contribution in [2.45, 2.75) is 26.8 Å². The van der Waals surface area contributed by atoms with E-state index >= 15 is 0 Å². The van der Waals surface area contributed by atoms with Crippen LogP contribution in [0.15, 0.2) is 28.7 Å². The van der Waals surface area contributed by atoms with Crippen LogP contribution in [0.2, 0.25) is 0 Å². The Bertz CT molecular complexity index is 500.